The summed E-state index contributed by atoms with van der Waals surface area (Å²) in [6, 6.07) is 14.0. The standard InChI is InChI=1S/C16H16N2O/c19-16(13-7-4-8-17-10-13)18-11-14-9-15(14)12-5-2-1-3-6-12/h1-8,10,14-15H,9,11H2,(H,18,19). The normalized spacial score (nSPS) is 20.8. The Bertz CT molecular complexity index is 553. The lowest BCUT2D eigenvalue weighted by atomic mass is 10.1. The van der Waals surface area contributed by atoms with E-state index in [9.17, 15) is 4.79 Å². The van der Waals surface area contributed by atoms with E-state index in [1.807, 2.05) is 6.07 Å². The van der Waals surface area contributed by atoms with Crippen LogP contribution in [0.1, 0.15) is 28.3 Å². The SMILES string of the molecule is O=C(NCC1CC1c1ccccc1)c1cccnc1. The summed E-state index contributed by atoms with van der Waals surface area (Å²) in [5, 5.41) is 2.98. The van der Waals surface area contributed by atoms with Gasteiger partial charge >= 0.3 is 0 Å². The molecule has 3 rings (SSSR count). The van der Waals surface area contributed by atoms with Gasteiger partial charge in [0.2, 0.25) is 0 Å². The number of carbonyl (C=O) groups is 1. The average Bonchev–Trinajstić information content (AvgIpc) is 3.26. The van der Waals surface area contributed by atoms with E-state index in [2.05, 4.69) is 34.6 Å². The Morgan fingerprint density at radius 1 is 1.21 bits per heavy atom. The van der Waals surface area contributed by atoms with Crippen molar-refractivity contribution in [2.45, 2.75) is 12.3 Å². The first-order valence-corrected chi connectivity index (χ1v) is 6.58. The summed E-state index contributed by atoms with van der Waals surface area (Å²) < 4.78 is 0. The van der Waals surface area contributed by atoms with Crippen molar-refractivity contribution in [1.29, 1.82) is 0 Å². The van der Waals surface area contributed by atoms with Crippen molar-refractivity contribution in [2.75, 3.05) is 6.54 Å². The summed E-state index contributed by atoms with van der Waals surface area (Å²) in [7, 11) is 0. The van der Waals surface area contributed by atoms with E-state index in [-0.39, 0.29) is 5.91 Å². The van der Waals surface area contributed by atoms with Crippen LogP contribution in [0.3, 0.4) is 0 Å². The highest BCUT2D eigenvalue weighted by atomic mass is 16.1. The zero-order valence-electron chi connectivity index (χ0n) is 10.6. The molecular formula is C16H16N2O. The lowest BCUT2D eigenvalue weighted by Gasteiger charge is -2.04. The summed E-state index contributed by atoms with van der Waals surface area (Å²) in [6.45, 7) is 0.743. The van der Waals surface area contributed by atoms with Gasteiger partial charge in [-0.15, -0.1) is 0 Å². The quantitative estimate of drug-likeness (QED) is 0.908. The van der Waals surface area contributed by atoms with E-state index < -0.39 is 0 Å². The third kappa shape index (κ3) is 2.81. The van der Waals surface area contributed by atoms with Gasteiger partial charge in [-0.25, -0.2) is 0 Å². The fourth-order valence-electron chi connectivity index (χ4n) is 2.40. The first kappa shape index (κ1) is 11.9. The van der Waals surface area contributed by atoms with E-state index in [1.54, 1.807) is 24.5 Å². The molecule has 2 atom stereocenters. The summed E-state index contributed by atoms with van der Waals surface area (Å²) in [5.74, 6) is 1.14. The molecule has 1 aromatic carbocycles. The van der Waals surface area contributed by atoms with Crippen LogP contribution in [0.4, 0.5) is 0 Å². The van der Waals surface area contributed by atoms with E-state index >= 15 is 0 Å². The van der Waals surface area contributed by atoms with Gasteiger partial charge in [0.1, 0.15) is 0 Å². The largest absolute Gasteiger partial charge is 0.352 e. The van der Waals surface area contributed by atoms with Gasteiger partial charge in [0.05, 0.1) is 5.56 Å². The average molecular weight is 252 g/mol. The molecule has 1 saturated carbocycles. The molecule has 2 unspecified atom stereocenters. The predicted molar refractivity (Wildman–Crippen MR) is 73.9 cm³/mol. The molecule has 1 N–H and O–H groups in total. The van der Waals surface area contributed by atoms with Gasteiger partial charge in [-0.05, 0) is 36.0 Å². The molecule has 96 valence electrons. The number of carbonyl (C=O) groups excluding carboxylic acids is 1. The maximum Gasteiger partial charge on any atom is 0.252 e. The molecule has 1 aromatic heterocycles. The van der Waals surface area contributed by atoms with Gasteiger partial charge in [-0.3, -0.25) is 9.78 Å². The maximum absolute atomic E-state index is 11.9. The van der Waals surface area contributed by atoms with Crippen LogP contribution in [0.5, 0.6) is 0 Å². The first-order chi connectivity index (χ1) is 9.34. The number of rotatable bonds is 4. The Kier molecular flexibility index (Phi) is 3.27. The molecule has 3 nitrogen and oxygen atoms in total. The van der Waals surface area contributed by atoms with Crippen LogP contribution in [-0.2, 0) is 0 Å². The molecule has 3 heteroatoms. The van der Waals surface area contributed by atoms with Gasteiger partial charge in [0.25, 0.3) is 5.91 Å². The fraction of sp³-hybridized carbons (Fsp3) is 0.250. The highest BCUT2D eigenvalue weighted by molar-refractivity contribution is 5.93. The van der Waals surface area contributed by atoms with Crippen molar-refractivity contribution >= 4 is 5.91 Å². The number of pyridine rings is 1. The molecule has 19 heavy (non-hydrogen) atoms. The second-order valence-corrected chi connectivity index (χ2v) is 4.96. The molecule has 1 amide bonds. The Labute approximate surface area is 112 Å². The molecule has 0 radical (unpaired) electrons. The number of nitrogens with one attached hydrogen (secondary N) is 1. The summed E-state index contributed by atoms with van der Waals surface area (Å²) in [5.41, 5.74) is 2.00. The first-order valence-electron chi connectivity index (χ1n) is 6.58. The van der Waals surface area contributed by atoms with Crippen LogP contribution < -0.4 is 5.32 Å². The van der Waals surface area contributed by atoms with Crippen LogP contribution in [0.25, 0.3) is 0 Å². The molecular weight excluding hydrogens is 236 g/mol. The molecule has 1 aliphatic rings. The zero-order chi connectivity index (χ0) is 13.1. The van der Waals surface area contributed by atoms with E-state index in [1.165, 1.54) is 5.56 Å². The summed E-state index contributed by atoms with van der Waals surface area (Å²) in [6.07, 6.45) is 4.43. The lowest BCUT2D eigenvalue weighted by molar-refractivity contribution is 0.0951. The molecule has 0 aliphatic heterocycles. The molecule has 2 aromatic rings. The van der Waals surface area contributed by atoms with Crippen LogP contribution in [-0.4, -0.2) is 17.4 Å². The number of benzene rings is 1. The number of nitrogens with zero attached hydrogens (tertiary/aromatic N) is 1. The number of aromatic nitrogens is 1. The van der Waals surface area contributed by atoms with Gasteiger partial charge < -0.3 is 5.32 Å². The minimum absolute atomic E-state index is 0.0354. The number of hydrogen-bond acceptors (Lipinski definition) is 2. The lowest BCUT2D eigenvalue weighted by Crippen LogP contribution is -2.25. The second-order valence-electron chi connectivity index (χ2n) is 4.96. The molecule has 0 spiro atoms. The second kappa shape index (κ2) is 5.22. The molecule has 1 fully saturated rings. The predicted octanol–water partition coefficient (Wildman–Crippen LogP) is 2.62. The number of hydrogen-bond donors (Lipinski definition) is 1. The van der Waals surface area contributed by atoms with Crippen LogP contribution in [0.15, 0.2) is 54.9 Å². The van der Waals surface area contributed by atoms with Gasteiger partial charge in [0, 0.05) is 18.9 Å². The van der Waals surface area contributed by atoms with Crippen LogP contribution in [0, 0.1) is 5.92 Å². The van der Waals surface area contributed by atoms with Crippen molar-refractivity contribution in [3.05, 3.63) is 66.0 Å². The highest BCUT2D eigenvalue weighted by Crippen LogP contribution is 2.46. The Morgan fingerprint density at radius 3 is 2.79 bits per heavy atom. The van der Waals surface area contributed by atoms with Crippen molar-refractivity contribution < 1.29 is 4.79 Å². The van der Waals surface area contributed by atoms with Crippen LogP contribution in [0.2, 0.25) is 0 Å². The summed E-state index contributed by atoms with van der Waals surface area (Å²) in [4.78, 5) is 15.8. The summed E-state index contributed by atoms with van der Waals surface area (Å²) >= 11 is 0. The van der Waals surface area contributed by atoms with Crippen molar-refractivity contribution in [1.82, 2.24) is 10.3 Å². The van der Waals surface area contributed by atoms with Gasteiger partial charge in [-0.1, -0.05) is 30.3 Å². The van der Waals surface area contributed by atoms with Crippen molar-refractivity contribution in [3.8, 4) is 0 Å². The smallest absolute Gasteiger partial charge is 0.252 e. The zero-order valence-corrected chi connectivity index (χ0v) is 10.6. The fourth-order valence-corrected chi connectivity index (χ4v) is 2.40. The Morgan fingerprint density at radius 2 is 2.05 bits per heavy atom. The molecule has 0 bridgehead atoms. The van der Waals surface area contributed by atoms with Crippen LogP contribution >= 0.6 is 0 Å². The number of amides is 1. The third-order valence-electron chi connectivity index (χ3n) is 3.60. The van der Waals surface area contributed by atoms with Crippen molar-refractivity contribution in [3.63, 3.8) is 0 Å². The Balaban J connectivity index is 1.51. The minimum Gasteiger partial charge on any atom is -0.352 e. The third-order valence-corrected chi connectivity index (χ3v) is 3.60. The molecule has 0 saturated heterocycles. The topological polar surface area (TPSA) is 42.0 Å². The molecule has 1 heterocycles. The Hall–Kier alpha value is -2.16. The van der Waals surface area contributed by atoms with Crippen molar-refractivity contribution in [2.24, 2.45) is 5.92 Å². The molecule has 1 aliphatic carbocycles. The highest BCUT2D eigenvalue weighted by Gasteiger charge is 2.37. The minimum atomic E-state index is -0.0354. The van der Waals surface area contributed by atoms with Gasteiger partial charge in [-0.2, -0.15) is 0 Å². The van der Waals surface area contributed by atoms with E-state index in [0.717, 1.165) is 13.0 Å². The van der Waals surface area contributed by atoms with Gasteiger partial charge in [0.15, 0.2) is 0 Å². The maximum atomic E-state index is 11.9. The monoisotopic (exact) mass is 252 g/mol. The van der Waals surface area contributed by atoms with E-state index in [4.69, 9.17) is 0 Å². The van der Waals surface area contributed by atoms with E-state index in [0.29, 0.717) is 17.4 Å².